The van der Waals surface area contributed by atoms with E-state index in [-0.39, 0.29) is 17.9 Å². The van der Waals surface area contributed by atoms with Crippen LogP contribution in [0, 0.1) is 5.92 Å². The summed E-state index contributed by atoms with van der Waals surface area (Å²) >= 11 is 4.09. The predicted octanol–water partition coefficient (Wildman–Crippen LogP) is 3.54. The Labute approximate surface area is 212 Å². The van der Waals surface area contributed by atoms with Crippen LogP contribution in [-0.2, 0) is 22.5 Å². The molecule has 1 amide bonds. The maximum absolute atomic E-state index is 12.5. The number of hydrogen-bond acceptors (Lipinski definition) is 8. The zero-order chi connectivity index (χ0) is 24.9. The van der Waals surface area contributed by atoms with Gasteiger partial charge >= 0.3 is 0 Å². The molecule has 4 rings (SSSR count). The van der Waals surface area contributed by atoms with Crippen LogP contribution in [0.3, 0.4) is 0 Å². The van der Waals surface area contributed by atoms with Gasteiger partial charge in [-0.05, 0) is 50.7 Å². The first-order valence-corrected chi connectivity index (χ1v) is 13.3. The molecule has 1 aliphatic heterocycles. The lowest BCUT2D eigenvalue weighted by Crippen LogP contribution is -2.33. The maximum Gasteiger partial charge on any atom is 0.229 e. The van der Waals surface area contributed by atoms with E-state index in [1.807, 2.05) is 19.1 Å². The molecule has 1 aromatic carbocycles. The Morgan fingerprint density at radius 1 is 1.29 bits per heavy atom. The van der Waals surface area contributed by atoms with Gasteiger partial charge in [0, 0.05) is 42.4 Å². The number of aromatic nitrogens is 2. The van der Waals surface area contributed by atoms with Crippen molar-refractivity contribution in [1.29, 1.82) is 0 Å². The van der Waals surface area contributed by atoms with Crippen molar-refractivity contribution in [2.75, 3.05) is 35.7 Å². The second-order valence-corrected chi connectivity index (χ2v) is 9.84. The number of ether oxygens (including phenoxy) is 1. The second-order valence-electron chi connectivity index (χ2n) is 8.68. The minimum absolute atomic E-state index is 0.0471. The van der Waals surface area contributed by atoms with Gasteiger partial charge in [0.1, 0.15) is 10.8 Å². The normalized spacial score (nSPS) is 20.8. The third-order valence-electron chi connectivity index (χ3n) is 6.60. The largest absolute Gasteiger partial charge is 0.760 e. The fourth-order valence-corrected chi connectivity index (χ4v) is 5.44. The first-order chi connectivity index (χ1) is 16.9. The zero-order valence-corrected chi connectivity index (χ0v) is 21.4. The highest BCUT2D eigenvalue weighted by molar-refractivity contribution is 7.77. The van der Waals surface area contributed by atoms with E-state index in [4.69, 9.17) is 16.3 Å². The zero-order valence-electron chi connectivity index (χ0n) is 19.8. The number of rotatable bonds is 9. The van der Waals surface area contributed by atoms with Gasteiger partial charge in [-0.3, -0.25) is 9.00 Å². The van der Waals surface area contributed by atoms with E-state index in [2.05, 4.69) is 25.3 Å². The van der Waals surface area contributed by atoms with Gasteiger partial charge in [-0.1, -0.05) is 18.0 Å². The van der Waals surface area contributed by atoms with E-state index >= 15 is 0 Å². The highest BCUT2D eigenvalue weighted by atomic mass is 35.5. The lowest BCUT2D eigenvalue weighted by molar-refractivity contribution is -0.118. The number of carbonyl (C=O) groups is 1. The van der Waals surface area contributed by atoms with Gasteiger partial charge in [-0.2, -0.15) is 4.98 Å². The third-order valence-corrected chi connectivity index (χ3v) is 7.28. The standard InChI is InChI=1S/C23H31ClN6O4S/c1-3-30-19-11-10-18(21(34-2)15(19)7-5-9-20(30)31)28-23-25-13-16(24)22(29-23)27-17-8-4-6-14(17)12-26-35(32)33/h10-11,13-14,17,26H,3-9,12H2,1-2H3,(H,32,33)(H2,25,27,28,29)/p-1. The maximum atomic E-state index is 12.5. The number of methoxy groups -OCH3 is 1. The number of amides is 1. The van der Waals surface area contributed by atoms with Crippen molar-refractivity contribution in [3.05, 3.63) is 28.9 Å². The first-order valence-electron chi connectivity index (χ1n) is 11.8. The molecule has 35 heavy (non-hydrogen) atoms. The molecule has 12 heteroatoms. The monoisotopic (exact) mass is 521 g/mol. The number of benzene rings is 1. The van der Waals surface area contributed by atoms with E-state index in [1.54, 1.807) is 12.0 Å². The summed E-state index contributed by atoms with van der Waals surface area (Å²) in [6, 6.07) is 3.84. The molecule has 1 aliphatic carbocycles. The van der Waals surface area contributed by atoms with Crippen molar-refractivity contribution in [3.63, 3.8) is 0 Å². The van der Waals surface area contributed by atoms with Crippen LogP contribution in [0.4, 0.5) is 23.1 Å². The molecule has 10 nitrogen and oxygen atoms in total. The molecule has 3 unspecified atom stereocenters. The summed E-state index contributed by atoms with van der Waals surface area (Å²) in [5.41, 5.74) is 2.55. The van der Waals surface area contributed by atoms with Gasteiger partial charge in [-0.15, -0.1) is 0 Å². The lowest BCUT2D eigenvalue weighted by atomic mass is 10.0. The Kier molecular flexibility index (Phi) is 8.42. The topological polar surface area (TPSA) is 132 Å². The molecule has 0 bridgehead atoms. The number of hydrogen-bond donors (Lipinski definition) is 3. The van der Waals surface area contributed by atoms with Crippen molar-refractivity contribution in [2.45, 2.75) is 51.5 Å². The van der Waals surface area contributed by atoms with E-state index in [1.165, 1.54) is 6.20 Å². The highest BCUT2D eigenvalue weighted by Gasteiger charge is 2.28. The molecule has 1 saturated carbocycles. The minimum atomic E-state index is -2.29. The SMILES string of the molecule is CCN1C(=O)CCCc2c1ccc(Nc1ncc(Cl)c(NC3CCCC3CNS(=O)[O-])n1)c2OC. The summed E-state index contributed by atoms with van der Waals surface area (Å²) in [4.78, 5) is 23.2. The van der Waals surface area contributed by atoms with Crippen LogP contribution in [0.25, 0.3) is 0 Å². The molecule has 2 aromatic rings. The minimum Gasteiger partial charge on any atom is -0.760 e. The van der Waals surface area contributed by atoms with Crippen molar-refractivity contribution < 1.29 is 18.3 Å². The van der Waals surface area contributed by atoms with Gasteiger partial charge in [0.25, 0.3) is 0 Å². The fourth-order valence-electron chi connectivity index (χ4n) is 4.95. The fraction of sp³-hybridized carbons (Fsp3) is 0.522. The van der Waals surface area contributed by atoms with E-state index in [0.717, 1.165) is 43.4 Å². The number of carbonyl (C=O) groups excluding carboxylic acids is 1. The molecule has 2 heterocycles. The summed E-state index contributed by atoms with van der Waals surface area (Å²) in [6.45, 7) is 2.93. The Bertz CT molecular complexity index is 1100. The molecule has 0 spiro atoms. The number of nitrogens with zero attached hydrogens (tertiary/aromatic N) is 3. The van der Waals surface area contributed by atoms with Crippen LogP contribution in [0.1, 0.15) is 44.6 Å². The van der Waals surface area contributed by atoms with Crippen molar-refractivity contribution in [2.24, 2.45) is 5.92 Å². The van der Waals surface area contributed by atoms with Gasteiger partial charge in [0.2, 0.25) is 11.9 Å². The summed E-state index contributed by atoms with van der Waals surface area (Å²) < 4.78 is 30.0. The van der Waals surface area contributed by atoms with Crippen LogP contribution in [0.5, 0.6) is 5.75 Å². The molecule has 3 atom stereocenters. The van der Waals surface area contributed by atoms with Crippen LogP contribution < -0.4 is 25.0 Å². The van der Waals surface area contributed by atoms with Crippen LogP contribution >= 0.6 is 11.6 Å². The Balaban J connectivity index is 1.56. The molecule has 2 aliphatic rings. The Hall–Kier alpha value is -2.47. The van der Waals surface area contributed by atoms with Gasteiger partial charge < -0.3 is 24.8 Å². The Morgan fingerprint density at radius 2 is 2.11 bits per heavy atom. The lowest BCUT2D eigenvalue weighted by Gasteiger charge is -2.24. The molecular formula is C23H30ClN6O4S-. The average Bonchev–Trinajstić information content (AvgIpc) is 3.21. The molecular weight excluding hydrogens is 492 g/mol. The summed E-state index contributed by atoms with van der Waals surface area (Å²) in [6.07, 6.45) is 6.33. The second kappa shape index (κ2) is 11.5. The van der Waals surface area contributed by atoms with E-state index in [0.29, 0.717) is 47.7 Å². The quantitative estimate of drug-likeness (QED) is 0.427. The molecule has 190 valence electrons. The van der Waals surface area contributed by atoms with Crippen LogP contribution in [0.15, 0.2) is 18.3 Å². The van der Waals surface area contributed by atoms with Gasteiger partial charge in [0.15, 0.2) is 5.82 Å². The first kappa shape index (κ1) is 25.6. The van der Waals surface area contributed by atoms with Crippen molar-refractivity contribution >= 4 is 51.9 Å². The van der Waals surface area contributed by atoms with Crippen molar-refractivity contribution in [1.82, 2.24) is 14.7 Å². The van der Waals surface area contributed by atoms with Crippen molar-refractivity contribution in [3.8, 4) is 5.75 Å². The van der Waals surface area contributed by atoms with Gasteiger partial charge in [-0.25, -0.2) is 9.71 Å². The molecule has 1 fully saturated rings. The average molecular weight is 522 g/mol. The summed E-state index contributed by atoms with van der Waals surface area (Å²) in [5, 5.41) is 7.00. The van der Waals surface area contributed by atoms with Crippen LogP contribution in [0.2, 0.25) is 5.02 Å². The third kappa shape index (κ3) is 5.85. The van der Waals surface area contributed by atoms with Gasteiger partial charge in [0.05, 0.1) is 24.7 Å². The molecule has 1 aromatic heterocycles. The number of halogens is 1. The summed E-state index contributed by atoms with van der Waals surface area (Å²) in [7, 11) is 1.61. The number of anilines is 4. The van der Waals surface area contributed by atoms with E-state index < -0.39 is 11.3 Å². The highest BCUT2D eigenvalue weighted by Crippen LogP contribution is 2.40. The Morgan fingerprint density at radius 3 is 2.86 bits per heavy atom. The van der Waals surface area contributed by atoms with Crippen LogP contribution in [-0.4, -0.2) is 50.9 Å². The van der Waals surface area contributed by atoms with E-state index in [9.17, 15) is 13.6 Å². The number of nitrogens with one attached hydrogen (secondary N) is 3. The molecule has 0 radical (unpaired) electrons. The number of fused-ring (bicyclic) bond motifs is 1. The molecule has 0 saturated heterocycles. The smallest absolute Gasteiger partial charge is 0.229 e. The summed E-state index contributed by atoms with van der Waals surface area (Å²) in [5.74, 6) is 1.76. The molecule has 3 N–H and O–H groups in total. The predicted molar refractivity (Wildman–Crippen MR) is 136 cm³/mol.